The van der Waals surface area contributed by atoms with E-state index in [1.807, 2.05) is 26.0 Å². The summed E-state index contributed by atoms with van der Waals surface area (Å²) in [6, 6.07) is 9.62. The first kappa shape index (κ1) is 22.4. The normalized spacial score (nSPS) is 20.3. The fraction of sp³-hybridized carbons (Fsp3) is 0.409. The topological polar surface area (TPSA) is 32.3 Å². The van der Waals surface area contributed by atoms with Crippen molar-refractivity contribution in [2.45, 2.75) is 50.9 Å². The molecule has 0 bridgehead atoms. The summed E-state index contributed by atoms with van der Waals surface area (Å²) in [6.45, 7) is 4.20. The number of benzene rings is 2. The van der Waals surface area contributed by atoms with Gasteiger partial charge in [-0.15, -0.1) is 0 Å². The second-order valence-electron chi connectivity index (χ2n) is 7.96. The SMILES string of the molecule is C[C@@H](NC(=O)N1CCCC1(C)Cc1ccc(F)c(C(F)(F)F)c1)c1ccc(Cl)cc1. The van der Waals surface area contributed by atoms with Gasteiger partial charge in [0.2, 0.25) is 0 Å². The van der Waals surface area contributed by atoms with Crippen LogP contribution >= 0.6 is 11.6 Å². The van der Waals surface area contributed by atoms with Gasteiger partial charge in [-0.25, -0.2) is 9.18 Å². The van der Waals surface area contributed by atoms with E-state index in [4.69, 9.17) is 11.6 Å². The Bertz CT molecular complexity index is 916. The Balaban J connectivity index is 1.75. The van der Waals surface area contributed by atoms with Gasteiger partial charge in [0.15, 0.2) is 0 Å². The highest BCUT2D eigenvalue weighted by atomic mass is 35.5. The molecule has 30 heavy (non-hydrogen) atoms. The average molecular weight is 443 g/mol. The molecule has 0 radical (unpaired) electrons. The monoisotopic (exact) mass is 442 g/mol. The van der Waals surface area contributed by atoms with Crippen molar-refractivity contribution >= 4 is 17.6 Å². The Hall–Kier alpha value is -2.28. The smallest absolute Gasteiger partial charge is 0.331 e. The van der Waals surface area contributed by atoms with Crippen LogP contribution in [-0.2, 0) is 12.6 Å². The van der Waals surface area contributed by atoms with Crippen LogP contribution < -0.4 is 5.32 Å². The summed E-state index contributed by atoms with van der Waals surface area (Å²) in [6.07, 6.45) is -3.16. The van der Waals surface area contributed by atoms with Crippen LogP contribution in [0.1, 0.15) is 49.4 Å². The number of likely N-dealkylation sites (tertiary alicyclic amines) is 1. The quantitative estimate of drug-likeness (QED) is 0.548. The molecular weight excluding hydrogens is 420 g/mol. The number of carbonyl (C=O) groups excluding carboxylic acids is 1. The molecule has 1 aliphatic heterocycles. The van der Waals surface area contributed by atoms with Gasteiger partial charge in [-0.2, -0.15) is 13.2 Å². The third kappa shape index (κ3) is 4.89. The third-order valence-electron chi connectivity index (χ3n) is 5.62. The standard InChI is InChI=1S/C22H23ClF4N2O/c1-14(16-5-7-17(23)8-6-16)28-20(30)29-11-3-10-21(29,2)13-15-4-9-19(24)18(12-15)22(25,26)27/h4-9,12,14H,3,10-11,13H2,1-2H3,(H,28,30)/t14-,21?/m1/s1. The van der Waals surface area contributed by atoms with E-state index in [0.717, 1.165) is 24.1 Å². The maximum Gasteiger partial charge on any atom is 0.419 e. The van der Waals surface area contributed by atoms with E-state index < -0.39 is 23.1 Å². The first-order valence-corrected chi connectivity index (χ1v) is 10.1. The number of hydrogen-bond donors (Lipinski definition) is 1. The van der Waals surface area contributed by atoms with E-state index in [-0.39, 0.29) is 18.5 Å². The Morgan fingerprint density at radius 3 is 2.53 bits per heavy atom. The van der Waals surface area contributed by atoms with Crippen molar-refractivity contribution < 1.29 is 22.4 Å². The predicted octanol–water partition coefficient (Wildman–Crippen LogP) is 6.37. The molecule has 3 rings (SSSR count). The van der Waals surface area contributed by atoms with Gasteiger partial charge in [0, 0.05) is 17.1 Å². The second kappa shape index (κ2) is 8.46. The van der Waals surface area contributed by atoms with E-state index >= 15 is 0 Å². The van der Waals surface area contributed by atoms with Crippen molar-refractivity contribution in [2.75, 3.05) is 6.54 Å². The molecular formula is C22H23ClF4N2O. The molecule has 0 aliphatic carbocycles. The molecule has 1 aliphatic rings. The minimum atomic E-state index is -4.76. The molecule has 8 heteroatoms. The fourth-order valence-electron chi connectivity index (χ4n) is 3.99. The van der Waals surface area contributed by atoms with Gasteiger partial charge in [0.05, 0.1) is 11.6 Å². The molecule has 2 aromatic rings. The molecule has 1 heterocycles. The maximum atomic E-state index is 13.6. The lowest BCUT2D eigenvalue weighted by molar-refractivity contribution is -0.140. The van der Waals surface area contributed by atoms with E-state index in [1.54, 1.807) is 17.0 Å². The van der Waals surface area contributed by atoms with Gasteiger partial charge >= 0.3 is 12.2 Å². The zero-order valence-electron chi connectivity index (χ0n) is 16.7. The van der Waals surface area contributed by atoms with Crippen LogP contribution in [0.15, 0.2) is 42.5 Å². The molecule has 1 N–H and O–H groups in total. The summed E-state index contributed by atoms with van der Waals surface area (Å²) >= 11 is 5.90. The summed E-state index contributed by atoms with van der Waals surface area (Å²) in [5.74, 6) is -1.30. The highest BCUT2D eigenvalue weighted by Gasteiger charge is 2.41. The van der Waals surface area contributed by atoms with E-state index in [1.165, 1.54) is 6.07 Å². The minimum absolute atomic E-state index is 0.207. The van der Waals surface area contributed by atoms with Crippen molar-refractivity contribution in [3.05, 3.63) is 70.0 Å². The minimum Gasteiger partial charge on any atom is -0.331 e. The summed E-state index contributed by atoms with van der Waals surface area (Å²) in [7, 11) is 0. The Morgan fingerprint density at radius 1 is 1.23 bits per heavy atom. The van der Waals surface area contributed by atoms with Gasteiger partial charge in [0.1, 0.15) is 5.82 Å². The molecule has 3 nitrogen and oxygen atoms in total. The molecule has 0 saturated carbocycles. The molecule has 162 valence electrons. The number of urea groups is 1. The zero-order valence-corrected chi connectivity index (χ0v) is 17.4. The Labute approximate surface area is 178 Å². The number of nitrogens with one attached hydrogen (secondary N) is 1. The summed E-state index contributed by atoms with van der Waals surface area (Å²) in [5.41, 5.74) is -0.711. The van der Waals surface area contributed by atoms with Crippen molar-refractivity contribution in [3.8, 4) is 0 Å². The summed E-state index contributed by atoms with van der Waals surface area (Å²) in [5, 5.41) is 3.55. The fourth-order valence-corrected chi connectivity index (χ4v) is 4.12. The van der Waals surface area contributed by atoms with Crippen LogP contribution in [0.4, 0.5) is 22.4 Å². The molecule has 1 fully saturated rings. The van der Waals surface area contributed by atoms with Crippen molar-refractivity contribution in [1.82, 2.24) is 10.2 Å². The number of hydrogen-bond acceptors (Lipinski definition) is 1. The number of nitrogens with zero attached hydrogens (tertiary/aromatic N) is 1. The first-order chi connectivity index (χ1) is 14.0. The second-order valence-corrected chi connectivity index (χ2v) is 8.40. The van der Waals surface area contributed by atoms with Crippen LogP contribution in [-0.4, -0.2) is 23.0 Å². The molecule has 1 saturated heterocycles. The lowest BCUT2D eigenvalue weighted by Crippen LogP contribution is -2.51. The van der Waals surface area contributed by atoms with Crippen LogP contribution in [0.2, 0.25) is 5.02 Å². The van der Waals surface area contributed by atoms with Crippen molar-refractivity contribution in [3.63, 3.8) is 0 Å². The zero-order chi connectivity index (χ0) is 22.1. The van der Waals surface area contributed by atoms with Gasteiger partial charge in [0.25, 0.3) is 0 Å². The van der Waals surface area contributed by atoms with Crippen molar-refractivity contribution in [2.24, 2.45) is 0 Å². The number of halogens is 5. The summed E-state index contributed by atoms with van der Waals surface area (Å²) < 4.78 is 52.8. The van der Waals surface area contributed by atoms with Gasteiger partial charge in [-0.3, -0.25) is 0 Å². The number of amides is 2. The average Bonchev–Trinajstić information content (AvgIpc) is 3.04. The van der Waals surface area contributed by atoms with Crippen molar-refractivity contribution in [1.29, 1.82) is 0 Å². The van der Waals surface area contributed by atoms with Crippen LogP contribution in [0, 0.1) is 5.82 Å². The van der Waals surface area contributed by atoms with Gasteiger partial charge in [-0.05, 0) is 68.5 Å². The van der Waals surface area contributed by atoms with E-state index in [9.17, 15) is 22.4 Å². The molecule has 0 aromatic heterocycles. The Kier molecular flexibility index (Phi) is 6.32. The Morgan fingerprint density at radius 2 is 1.90 bits per heavy atom. The highest BCUT2D eigenvalue weighted by molar-refractivity contribution is 6.30. The molecule has 2 atom stereocenters. The summed E-state index contributed by atoms with van der Waals surface area (Å²) in [4.78, 5) is 14.6. The lowest BCUT2D eigenvalue weighted by Gasteiger charge is -2.36. The van der Waals surface area contributed by atoms with Gasteiger partial charge < -0.3 is 10.2 Å². The number of alkyl halides is 3. The lowest BCUT2D eigenvalue weighted by atomic mass is 9.89. The largest absolute Gasteiger partial charge is 0.419 e. The maximum absolute atomic E-state index is 13.6. The first-order valence-electron chi connectivity index (χ1n) is 9.69. The number of carbonyl (C=O) groups is 1. The van der Waals surface area contributed by atoms with Crippen LogP contribution in [0.3, 0.4) is 0 Å². The predicted molar refractivity (Wildman–Crippen MR) is 108 cm³/mol. The van der Waals surface area contributed by atoms with Crippen LogP contribution in [0.25, 0.3) is 0 Å². The van der Waals surface area contributed by atoms with Gasteiger partial charge in [-0.1, -0.05) is 29.8 Å². The number of rotatable bonds is 4. The molecule has 0 spiro atoms. The molecule has 1 unspecified atom stereocenters. The highest BCUT2D eigenvalue weighted by Crippen LogP contribution is 2.36. The van der Waals surface area contributed by atoms with E-state index in [2.05, 4.69) is 5.32 Å². The molecule has 2 aromatic carbocycles. The van der Waals surface area contributed by atoms with E-state index in [0.29, 0.717) is 23.6 Å². The van der Waals surface area contributed by atoms with Crippen LogP contribution in [0.5, 0.6) is 0 Å². The third-order valence-corrected chi connectivity index (χ3v) is 5.88. The molecule has 2 amide bonds.